The van der Waals surface area contributed by atoms with Gasteiger partial charge in [0.1, 0.15) is 11.5 Å². The first-order valence-corrected chi connectivity index (χ1v) is 12.7. The van der Waals surface area contributed by atoms with Crippen molar-refractivity contribution in [3.8, 4) is 17.4 Å². The van der Waals surface area contributed by atoms with Gasteiger partial charge < -0.3 is 9.47 Å². The molecule has 0 bridgehead atoms. The number of nitrogens with zero attached hydrogens (tertiary/aromatic N) is 2. The van der Waals surface area contributed by atoms with Gasteiger partial charge in [-0.1, -0.05) is 48.5 Å². The monoisotopic (exact) mass is 488 g/mol. The number of aliphatic imine (C=N–C) groups is 1. The Bertz CT molecular complexity index is 1550. The van der Waals surface area contributed by atoms with Gasteiger partial charge in [-0.2, -0.15) is 0 Å². The van der Waals surface area contributed by atoms with Crippen LogP contribution in [0.4, 0.5) is 5.69 Å². The second-order valence-electron chi connectivity index (χ2n) is 8.56. The predicted molar refractivity (Wildman–Crippen MR) is 147 cm³/mol. The minimum atomic E-state index is 0.0605. The zero-order chi connectivity index (χ0) is 24.3. The van der Waals surface area contributed by atoms with Crippen LogP contribution >= 0.6 is 11.8 Å². The Kier molecular flexibility index (Phi) is 6.14. The lowest BCUT2D eigenvalue weighted by Gasteiger charge is -2.20. The molecule has 0 fully saturated rings. The van der Waals surface area contributed by atoms with E-state index in [1.807, 2.05) is 78.5 Å². The van der Waals surface area contributed by atoms with Gasteiger partial charge in [0.15, 0.2) is 0 Å². The van der Waals surface area contributed by atoms with Gasteiger partial charge in [0.25, 0.3) is 0 Å². The maximum Gasteiger partial charge on any atom is 0.224 e. The molecule has 1 aliphatic rings. The van der Waals surface area contributed by atoms with Crippen LogP contribution in [0.3, 0.4) is 0 Å². The third-order valence-corrected chi connectivity index (χ3v) is 7.52. The first-order valence-electron chi connectivity index (χ1n) is 11.9. The van der Waals surface area contributed by atoms with Crippen molar-refractivity contribution in [3.05, 3.63) is 120 Å². The van der Waals surface area contributed by atoms with Gasteiger partial charge in [-0.3, -0.25) is 4.99 Å². The maximum atomic E-state index is 6.39. The van der Waals surface area contributed by atoms with Crippen LogP contribution < -0.4 is 9.47 Å². The molecule has 2 heterocycles. The van der Waals surface area contributed by atoms with Gasteiger partial charge in [0, 0.05) is 33.2 Å². The summed E-state index contributed by atoms with van der Waals surface area (Å²) in [6, 6.07) is 36.7. The number of pyridine rings is 1. The van der Waals surface area contributed by atoms with E-state index in [0.717, 1.165) is 56.2 Å². The first-order chi connectivity index (χ1) is 17.8. The number of hydrogen-bond acceptors (Lipinski definition) is 5. The molecule has 4 nitrogen and oxygen atoms in total. The molecule has 6 rings (SSSR count). The molecule has 0 saturated heterocycles. The van der Waals surface area contributed by atoms with E-state index >= 15 is 0 Å². The highest BCUT2D eigenvalue weighted by Crippen LogP contribution is 2.48. The topological polar surface area (TPSA) is 43.7 Å². The van der Waals surface area contributed by atoms with Crippen LogP contribution in [0.5, 0.6) is 17.4 Å². The third kappa shape index (κ3) is 4.58. The molecule has 176 valence electrons. The van der Waals surface area contributed by atoms with Crippen molar-refractivity contribution in [3.63, 3.8) is 0 Å². The Morgan fingerprint density at radius 1 is 0.778 bits per heavy atom. The van der Waals surface area contributed by atoms with E-state index in [4.69, 9.17) is 19.5 Å². The first kappa shape index (κ1) is 22.4. The molecule has 5 aromatic rings. The second-order valence-corrected chi connectivity index (χ2v) is 9.80. The average Bonchev–Trinajstić information content (AvgIpc) is 3.13. The summed E-state index contributed by atoms with van der Waals surface area (Å²) in [5.74, 6) is 2.23. The number of rotatable bonds is 5. The fourth-order valence-electron chi connectivity index (χ4n) is 4.38. The molecule has 0 amide bonds. The van der Waals surface area contributed by atoms with E-state index in [0.29, 0.717) is 5.88 Å². The van der Waals surface area contributed by atoms with Gasteiger partial charge in [-0.25, -0.2) is 4.98 Å². The van der Waals surface area contributed by atoms with Crippen molar-refractivity contribution in [1.82, 2.24) is 4.98 Å². The molecule has 4 aromatic carbocycles. The summed E-state index contributed by atoms with van der Waals surface area (Å²) >= 11 is 1.81. The molecule has 0 radical (unpaired) electrons. The van der Waals surface area contributed by atoms with Crippen molar-refractivity contribution in [2.45, 2.75) is 16.6 Å². The van der Waals surface area contributed by atoms with Crippen LogP contribution in [0.15, 0.2) is 119 Å². The number of aromatic nitrogens is 1. The third-order valence-electron chi connectivity index (χ3n) is 6.21. The molecule has 1 aromatic heterocycles. The van der Waals surface area contributed by atoms with Crippen molar-refractivity contribution < 1.29 is 9.47 Å². The van der Waals surface area contributed by atoms with Gasteiger partial charge in [0.2, 0.25) is 5.88 Å². The summed E-state index contributed by atoms with van der Waals surface area (Å²) in [7, 11) is 1.68. The van der Waals surface area contributed by atoms with E-state index in [2.05, 4.69) is 42.5 Å². The number of thioether (sulfide) groups is 1. The highest BCUT2D eigenvalue weighted by Gasteiger charge is 2.26. The normalized spacial score (nSPS) is 15.0. The maximum absolute atomic E-state index is 6.39. The molecule has 0 saturated carbocycles. The standard InChI is InChI=1S/C31H24N2O2S/c1-34-23-17-15-21(16-18-23)28-20-30(36-29-14-8-7-13-27(29)32-28)25-19-22-9-5-6-12-26(22)33-31(25)35-24-10-3-2-4-11-24/h2-19,30H,20H2,1H3. The quantitative estimate of drug-likeness (QED) is 0.249. The fraction of sp³-hybridized carbons (Fsp3) is 0.0968. The predicted octanol–water partition coefficient (Wildman–Crippen LogP) is 8.39. The Morgan fingerprint density at radius 2 is 1.53 bits per heavy atom. The summed E-state index contributed by atoms with van der Waals surface area (Å²) < 4.78 is 11.8. The number of para-hydroxylation sites is 3. The number of methoxy groups -OCH3 is 1. The van der Waals surface area contributed by atoms with Crippen LogP contribution in [0.1, 0.15) is 22.8 Å². The van der Waals surface area contributed by atoms with Crippen molar-refractivity contribution in [1.29, 1.82) is 0 Å². The average molecular weight is 489 g/mol. The lowest BCUT2D eigenvalue weighted by atomic mass is 10.0. The van der Waals surface area contributed by atoms with Crippen LogP contribution in [0, 0.1) is 0 Å². The zero-order valence-electron chi connectivity index (χ0n) is 19.8. The number of ether oxygens (including phenoxy) is 2. The Hall–Kier alpha value is -4.09. The number of hydrogen-bond donors (Lipinski definition) is 0. The summed E-state index contributed by atoms with van der Waals surface area (Å²) in [6.07, 6.45) is 0.733. The summed E-state index contributed by atoms with van der Waals surface area (Å²) in [4.78, 5) is 11.2. The fourth-order valence-corrected chi connectivity index (χ4v) is 5.61. The van der Waals surface area contributed by atoms with Gasteiger partial charge in [-0.05, 0) is 66.2 Å². The van der Waals surface area contributed by atoms with Gasteiger partial charge >= 0.3 is 0 Å². The summed E-state index contributed by atoms with van der Waals surface area (Å²) in [6.45, 7) is 0. The Labute approximate surface area is 214 Å². The molecule has 0 spiro atoms. The highest BCUT2D eigenvalue weighted by molar-refractivity contribution is 7.99. The molecular weight excluding hydrogens is 464 g/mol. The van der Waals surface area contributed by atoms with Gasteiger partial charge in [-0.15, -0.1) is 11.8 Å². The number of benzene rings is 4. The van der Waals surface area contributed by atoms with E-state index < -0.39 is 0 Å². The molecule has 0 N–H and O–H groups in total. The van der Waals surface area contributed by atoms with Crippen LogP contribution in [0.25, 0.3) is 10.9 Å². The van der Waals surface area contributed by atoms with E-state index in [9.17, 15) is 0 Å². The van der Waals surface area contributed by atoms with Crippen molar-refractivity contribution >= 4 is 34.1 Å². The lowest BCUT2D eigenvalue weighted by Crippen LogP contribution is -2.07. The van der Waals surface area contributed by atoms with Crippen LogP contribution in [-0.2, 0) is 0 Å². The van der Waals surface area contributed by atoms with Crippen molar-refractivity contribution in [2.24, 2.45) is 4.99 Å². The summed E-state index contributed by atoms with van der Waals surface area (Å²) in [5, 5.41) is 1.15. The molecule has 36 heavy (non-hydrogen) atoms. The molecule has 5 heteroatoms. The minimum Gasteiger partial charge on any atom is -0.497 e. The Balaban J connectivity index is 1.48. The molecule has 1 unspecified atom stereocenters. The van der Waals surface area contributed by atoms with E-state index in [1.165, 1.54) is 0 Å². The van der Waals surface area contributed by atoms with Crippen LogP contribution in [-0.4, -0.2) is 17.8 Å². The minimum absolute atomic E-state index is 0.0605. The SMILES string of the molecule is COc1ccc(C2=Nc3ccccc3SC(c3cc4ccccc4nc3Oc3ccccc3)C2)cc1. The summed E-state index contributed by atoms with van der Waals surface area (Å²) in [5.41, 5.74) is 5.06. The van der Waals surface area contributed by atoms with Gasteiger partial charge in [0.05, 0.1) is 18.3 Å². The molecule has 1 aliphatic heterocycles. The molecular formula is C31H24N2O2S. The molecule has 0 aliphatic carbocycles. The largest absolute Gasteiger partial charge is 0.497 e. The van der Waals surface area contributed by atoms with E-state index in [1.54, 1.807) is 7.11 Å². The molecule has 1 atom stereocenters. The second kappa shape index (κ2) is 9.88. The Morgan fingerprint density at radius 3 is 2.36 bits per heavy atom. The van der Waals surface area contributed by atoms with Crippen LogP contribution in [0.2, 0.25) is 0 Å². The van der Waals surface area contributed by atoms with E-state index in [-0.39, 0.29) is 5.25 Å². The zero-order valence-corrected chi connectivity index (χ0v) is 20.6. The number of fused-ring (bicyclic) bond motifs is 2. The smallest absolute Gasteiger partial charge is 0.224 e. The highest BCUT2D eigenvalue weighted by atomic mass is 32.2. The van der Waals surface area contributed by atoms with Crippen molar-refractivity contribution in [2.75, 3.05) is 7.11 Å². The lowest BCUT2D eigenvalue weighted by molar-refractivity contribution is 0.415.